The van der Waals surface area contributed by atoms with Gasteiger partial charge in [-0.3, -0.25) is 4.79 Å². The zero-order valence-electron chi connectivity index (χ0n) is 11.2. The summed E-state index contributed by atoms with van der Waals surface area (Å²) in [5.74, 6) is 0.750. The molecule has 1 aromatic rings. The molecule has 1 saturated heterocycles. The first-order valence-corrected chi connectivity index (χ1v) is 7.00. The molecule has 19 heavy (non-hydrogen) atoms. The zero-order chi connectivity index (χ0) is 13.6. The van der Waals surface area contributed by atoms with Crippen molar-refractivity contribution in [3.8, 4) is 0 Å². The van der Waals surface area contributed by atoms with Crippen molar-refractivity contribution in [3.63, 3.8) is 0 Å². The number of ether oxygens (including phenoxy) is 1. The molecular weight excluding hydrogens is 262 g/mol. The number of hydrogen-bond donors (Lipinski definition) is 0. The first kappa shape index (κ1) is 12.9. The van der Waals surface area contributed by atoms with Gasteiger partial charge in [-0.2, -0.15) is 0 Å². The van der Waals surface area contributed by atoms with Gasteiger partial charge in [0.1, 0.15) is 0 Å². The first-order chi connectivity index (χ1) is 9.02. The molecule has 0 aromatic heterocycles. The van der Waals surface area contributed by atoms with Crippen LogP contribution in [0.2, 0.25) is 5.02 Å². The maximum atomic E-state index is 12.3. The predicted molar refractivity (Wildman–Crippen MR) is 74.3 cm³/mol. The van der Waals surface area contributed by atoms with Crippen LogP contribution in [0.5, 0.6) is 0 Å². The molecule has 1 amide bonds. The number of halogens is 1. The quantitative estimate of drug-likeness (QED) is 0.851. The summed E-state index contributed by atoms with van der Waals surface area (Å²) in [4.78, 5) is 14.2. The average molecular weight is 280 g/mol. The average Bonchev–Trinajstić information content (AvgIpc) is 3.14. The van der Waals surface area contributed by atoms with Crippen LogP contribution >= 0.6 is 11.6 Å². The Morgan fingerprint density at radius 1 is 1.47 bits per heavy atom. The molecule has 1 heterocycles. The Labute approximate surface area is 118 Å². The highest BCUT2D eigenvalue weighted by molar-refractivity contribution is 6.30. The monoisotopic (exact) mass is 279 g/mol. The van der Waals surface area contributed by atoms with Gasteiger partial charge >= 0.3 is 0 Å². The summed E-state index contributed by atoms with van der Waals surface area (Å²) >= 11 is 5.99. The molecule has 1 aliphatic heterocycles. The van der Waals surface area contributed by atoms with E-state index >= 15 is 0 Å². The maximum Gasteiger partial charge on any atom is 0.226 e. The third-order valence-electron chi connectivity index (χ3n) is 4.24. The molecule has 2 fully saturated rings. The molecular formula is C15H18ClNO2. The summed E-state index contributed by atoms with van der Waals surface area (Å²) < 4.78 is 5.37. The van der Waals surface area contributed by atoms with Crippen LogP contribution in [0.25, 0.3) is 0 Å². The number of amides is 1. The molecule has 2 atom stereocenters. The highest BCUT2D eigenvalue weighted by Gasteiger charge is 2.50. The summed E-state index contributed by atoms with van der Waals surface area (Å²) in [5, 5.41) is 0.742. The second-order valence-electron chi connectivity index (χ2n) is 5.85. The van der Waals surface area contributed by atoms with E-state index in [1.54, 1.807) is 7.11 Å². The Bertz CT molecular complexity index is 511. The van der Waals surface area contributed by atoms with Crippen molar-refractivity contribution in [2.24, 2.45) is 5.92 Å². The SMILES string of the molecule is COC1(C)CN(C(=O)[C@@H]2C[C@H]2c2cccc(Cl)c2)C1. The molecule has 3 rings (SSSR count). The van der Waals surface area contributed by atoms with Crippen molar-refractivity contribution in [1.29, 1.82) is 0 Å². The minimum Gasteiger partial charge on any atom is -0.375 e. The molecule has 1 aromatic carbocycles. The van der Waals surface area contributed by atoms with Gasteiger partial charge in [0, 0.05) is 18.1 Å². The third kappa shape index (κ3) is 2.37. The minimum atomic E-state index is -0.143. The molecule has 3 nitrogen and oxygen atoms in total. The van der Waals surface area contributed by atoms with E-state index < -0.39 is 0 Å². The van der Waals surface area contributed by atoms with Crippen LogP contribution in [0.4, 0.5) is 0 Å². The summed E-state index contributed by atoms with van der Waals surface area (Å²) in [7, 11) is 1.70. The topological polar surface area (TPSA) is 29.5 Å². The van der Waals surface area contributed by atoms with Gasteiger partial charge in [0.05, 0.1) is 18.7 Å². The smallest absolute Gasteiger partial charge is 0.226 e. The van der Waals surface area contributed by atoms with Crippen molar-refractivity contribution < 1.29 is 9.53 Å². The standard InChI is InChI=1S/C15H18ClNO2/c1-15(19-2)8-17(9-15)14(18)13-7-12(13)10-4-3-5-11(16)6-10/h3-6,12-13H,7-9H2,1-2H3/t12-,13+/m0/s1. The van der Waals surface area contributed by atoms with Crippen molar-refractivity contribution in [3.05, 3.63) is 34.9 Å². The lowest BCUT2D eigenvalue weighted by Crippen LogP contribution is -2.63. The molecule has 102 valence electrons. The van der Waals surface area contributed by atoms with Gasteiger partial charge < -0.3 is 9.64 Å². The number of hydrogen-bond acceptors (Lipinski definition) is 2. The van der Waals surface area contributed by atoms with Crippen LogP contribution in [0.3, 0.4) is 0 Å². The number of likely N-dealkylation sites (tertiary alicyclic amines) is 1. The van der Waals surface area contributed by atoms with E-state index in [2.05, 4.69) is 6.07 Å². The summed E-state index contributed by atoms with van der Waals surface area (Å²) in [6, 6.07) is 7.83. The number of carbonyl (C=O) groups is 1. The Balaban J connectivity index is 1.60. The number of benzene rings is 1. The second kappa shape index (κ2) is 4.50. The van der Waals surface area contributed by atoms with E-state index in [1.165, 1.54) is 5.56 Å². The third-order valence-corrected chi connectivity index (χ3v) is 4.47. The highest BCUT2D eigenvalue weighted by atomic mass is 35.5. The van der Waals surface area contributed by atoms with Crippen molar-refractivity contribution in [1.82, 2.24) is 4.90 Å². The number of carbonyl (C=O) groups excluding carboxylic acids is 1. The molecule has 4 heteroatoms. The van der Waals surface area contributed by atoms with Crippen LogP contribution in [0.1, 0.15) is 24.8 Å². The first-order valence-electron chi connectivity index (χ1n) is 6.62. The lowest BCUT2D eigenvalue weighted by Gasteiger charge is -2.47. The lowest BCUT2D eigenvalue weighted by molar-refractivity contribution is -0.159. The van der Waals surface area contributed by atoms with Crippen LogP contribution < -0.4 is 0 Å². The van der Waals surface area contributed by atoms with Crippen molar-refractivity contribution in [2.75, 3.05) is 20.2 Å². The fraction of sp³-hybridized carbons (Fsp3) is 0.533. The van der Waals surface area contributed by atoms with Gasteiger partial charge in [0.25, 0.3) is 0 Å². The second-order valence-corrected chi connectivity index (χ2v) is 6.29. The van der Waals surface area contributed by atoms with E-state index in [-0.39, 0.29) is 17.4 Å². The molecule has 0 unspecified atom stereocenters. The Morgan fingerprint density at radius 3 is 2.84 bits per heavy atom. The number of rotatable bonds is 3. The zero-order valence-corrected chi connectivity index (χ0v) is 12.0. The summed E-state index contributed by atoms with van der Waals surface area (Å²) in [6.07, 6.45) is 0.944. The Kier molecular flexibility index (Phi) is 3.06. The largest absolute Gasteiger partial charge is 0.375 e. The fourth-order valence-corrected chi connectivity index (χ4v) is 3.05. The normalized spacial score (nSPS) is 27.8. The predicted octanol–water partition coefficient (Wildman–Crippen LogP) is 2.69. The van der Waals surface area contributed by atoms with Gasteiger partial charge in [-0.05, 0) is 37.0 Å². The van der Waals surface area contributed by atoms with Crippen LogP contribution in [0, 0.1) is 5.92 Å². The summed E-state index contributed by atoms with van der Waals surface area (Å²) in [5.41, 5.74) is 1.04. The van der Waals surface area contributed by atoms with E-state index in [4.69, 9.17) is 16.3 Å². The van der Waals surface area contributed by atoms with Crippen molar-refractivity contribution in [2.45, 2.75) is 24.9 Å². The molecule has 1 saturated carbocycles. The molecule has 0 spiro atoms. The van der Waals surface area contributed by atoms with Gasteiger partial charge in [0.15, 0.2) is 0 Å². The van der Waals surface area contributed by atoms with E-state index in [9.17, 15) is 4.79 Å². The van der Waals surface area contributed by atoms with Gasteiger partial charge in [-0.25, -0.2) is 0 Å². The van der Waals surface area contributed by atoms with Crippen molar-refractivity contribution >= 4 is 17.5 Å². The molecule has 0 radical (unpaired) electrons. The van der Waals surface area contributed by atoms with Gasteiger partial charge in [-0.1, -0.05) is 23.7 Å². The lowest BCUT2D eigenvalue weighted by atomic mass is 9.95. The van der Waals surface area contributed by atoms with Crippen LogP contribution in [-0.2, 0) is 9.53 Å². The fourth-order valence-electron chi connectivity index (χ4n) is 2.85. The molecule has 0 bridgehead atoms. The molecule has 2 aliphatic rings. The van der Waals surface area contributed by atoms with E-state index in [0.717, 1.165) is 11.4 Å². The molecule has 1 aliphatic carbocycles. The van der Waals surface area contributed by atoms with Gasteiger partial charge in [0.2, 0.25) is 5.91 Å². The molecule has 0 N–H and O–H groups in total. The number of methoxy groups -OCH3 is 1. The Hall–Kier alpha value is -1.06. The maximum absolute atomic E-state index is 12.3. The van der Waals surface area contributed by atoms with E-state index in [1.807, 2.05) is 30.0 Å². The van der Waals surface area contributed by atoms with E-state index in [0.29, 0.717) is 19.0 Å². The number of nitrogens with zero attached hydrogens (tertiary/aromatic N) is 1. The van der Waals surface area contributed by atoms with Gasteiger partial charge in [-0.15, -0.1) is 0 Å². The Morgan fingerprint density at radius 2 is 2.21 bits per heavy atom. The van der Waals surface area contributed by atoms with Crippen LogP contribution in [-0.4, -0.2) is 36.6 Å². The van der Waals surface area contributed by atoms with Crippen LogP contribution in [0.15, 0.2) is 24.3 Å². The highest BCUT2D eigenvalue weighted by Crippen LogP contribution is 2.49. The minimum absolute atomic E-state index is 0.139. The summed E-state index contributed by atoms with van der Waals surface area (Å²) in [6.45, 7) is 3.46.